The molecule has 0 saturated heterocycles. The van der Waals surface area contributed by atoms with Crippen LogP contribution in [0.2, 0.25) is 0 Å². The van der Waals surface area contributed by atoms with Crippen molar-refractivity contribution in [3.05, 3.63) is 231 Å². The van der Waals surface area contributed by atoms with Crippen molar-refractivity contribution in [3.8, 4) is 78.1 Å². The average molecular weight is 881 g/mol. The topological polar surface area (TPSA) is 9.86 Å². The molecule has 2 nitrogen and oxygen atoms in total. The monoisotopic (exact) mass is 880 g/mol. The van der Waals surface area contributed by atoms with Crippen molar-refractivity contribution in [2.24, 2.45) is 0 Å². The van der Waals surface area contributed by atoms with Crippen LogP contribution in [0.5, 0.6) is 0 Å². The van der Waals surface area contributed by atoms with Crippen LogP contribution in [0, 0.1) is 0 Å². The molecule has 0 unspecified atom stereocenters. The van der Waals surface area contributed by atoms with E-state index >= 15 is 0 Å². The van der Waals surface area contributed by atoms with Crippen LogP contribution in [-0.4, -0.2) is 22.6 Å². The summed E-state index contributed by atoms with van der Waals surface area (Å²) in [4.78, 5) is 0. The first-order chi connectivity index (χ1) is 34.8. The highest BCUT2D eigenvalue weighted by molar-refractivity contribution is 7.03. The van der Waals surface area contributed by atoms with Crippen molar-refractivity contribution in [1.29, 1.82) is 0 Å². The van der Waals surface area contributed by atoms with Gasteiger partial charge in [-0.3, -0.25) is 0 Å². The molecule has 17 rings (SSSR count). The van der Waals surface area contributed by atoms with E-state index in [1.54, 1.807) is 0 Å². The predicted octanol–water partition coefficient (Wildman–Crippen LogP) is 12.2. The van der Waals surface area contributed by atoms with E-state index in [0.29, 0.717) is 0 Å². The highest BCUT2D eigenvalue weighted by atomic mass is 15.0. The zero-order valence-electron chi connectivity index (χ0n) is 38.0. The van der Waals surface area contributed by atoms with E-state index in [-0.39, 0.29) is 13.4 Å². The molecule has 0 spiro atoms. The summed E-state index contributed by atoms with van der Waals surface area (Å²) in [6.45, 7) is 0.129. The average Bonchev–Trinajstić information content (AvgIpc) is 4.17. The molecular weight excluding hydrogens is 842 g/mol. The molecule has 4 aliphatic rings. The fraction of sp³-hybridized carbons (Fsp3) is 0. The Morgan fingerprint density at radius 2 is 0.629 bits per heavy atom. The van der Waals surface area contributed by atoms with Gasteiger partial charge in [-0.15, -0.1) is 0 Å². The zero-order chi connectivity index (χ0) is 45.3. The minimum absolute atomic E-state index is 0.0645. The molecule has 70 heavy (non-hydrogen) atoms. The maximum atomic E-state index is 2.67. The van der Waals surface area contributed by atoms with E-state index in [0.717, 1.165) is 0 Å². The summed E-state index contributed by atoms with van der Waals surface area (Å²) in [5, 5.41) is 5.24. The minimum atomic E-state index is 0.0645. The number of nitrogens with zero attached hydrogens (tertiary/aromatic N) is 2. The molecule has 6 heterocycles. The van der Waals surface area contributed by atoms with Crippen LogP contribution in [0.3, 0.4) is 0 Å². The summed E-state index contributed by atoms with van der Waals surface area (Å²) >= 11 is 0. The van der Waals surface area contributed by atoms with Crippen LogP contribution in [0.1, 0.15) is 0 Å². The van der Waals surface area contributed by atoms with Gasteiger partial charge in [0.25, 0.3) is 0 Å². The van der Waals surface area contributed by atoms with Gasteiger partial charge in [0.1, 0.15) is 0 Å². The normalized spacial score (nSPS) is 13.1. The molecule has 0 aliphatic carbocycles. The molecule has 0 fully saturated rings. The van der Waals surface area contributed by atoms with Gasteiger partial charge in [-0.2, -0.15) is 0 Å². The van der Waals surface area contributed by atoms with Gasteiger partial charge in [0.2, 0.25) is 13.4 Å². The number of hydrogen-bond donors (Lipinski definition) is 0. The van der Waals surface area contributed by atoms with E-state index < -0.39 is 0 Å². The second kappa shape index (κ2) is 13.4. The number of benzene rings is 11. The van der Waals surface area contributed by atoms with Crippen LogP contribution in [-0.2, 0) is 0 Å². The number of rotatable bonds is 4. The van der Waals surface area contributed by atoms with Crippen LogP contribution in [0.25, 0.3) is 122 Å². The second-order valence-corrected chi connectivity index (χ2v) is 19.8. The fourth-order valence-electron chi connectivity index (χ4n) is 13.7. The maximum absolute atomic E-state index is 2.67. The first-order valence-electron chi connectivity index (χ1n) is 24.7. The summed E-state index contributed by atoms with van der Waals surface area (Å²) in [5.41, 5.74) is 31.4. The Labute approximate surface area is 405 Å². The van der Waals surface area contributed by atoms with E-state index in [4.69, 9.17) is 0 Å². The minimum Gasteiger partial charge on any atom is -0.310 e. The summed E-state index contributed by atoms with van der Waals surface area (Å²) in [7, 11) is 0. The Balaban J connectivity index is 1.04. The van der Waals surface area contributed by atoms with Crippen molar-refractivity contribution >= 4 is 89.8 Å². The van der Waals surface area contributed by atoms with E-state index in [1.807, 2.05) is 0 Å². The number of fused-ring (bicyclic) bond motifs is 18. The molecule has 318 valence electrons. The first-order valence-corrected chi connectivity index (χ1v) is 24.7. The predicted molar refractivity (Wildman–Crippen MR) is 297 cm³/mol. The van der Waals surface area contributed by atoms with Crippen LogP contribution < -0.4 is 32.8 Å². The lowest BCUT2D eigenvalue weighted by Crippen LogP contribution is -2.57. The van der Waals surface area contributed by atoms with Crippen molar-refractivity contribution in [1.82, 2.24) is 9.13 Å². The van der Waals surface area contributed by atoms with Crippen molar-refractivity contribution in [3.63, 3.8) is 0 Å². The third kappa shape index (κ3) is 4.66. The van der Waals surface area contributed by atoms with Gasteiger partial charge < -0.3 is 9.13 Å². The number of aromatic nitrogens is 2. The van der Waals surface area contributed by atoms with Crippen molar-refractivity contribution in [2.45, 2.75) is 0 Å². The summed E-state index contributed by atoms with van der Waals surface area (Å²) in [6.07, 6.45) is 0. The van der Waals surface area contributed by atoms with Gasteiger partial charge in [0.05, 0.1) is 22.1 Å². The molecule has 0 amide bonds. The lowest BCUT2D eigenvalue weighted by atomic mass is 9.35. The highest BCUT2D eigenvalue weighted by Gasteiger charge is 2.46. The van der Waals surface area contributed by atoms with E-state index in [9.17, 15) is 0 Å². The SMILES string of the molecule is c1ccc(-c2ccc3c(c2)c2c(-c4ccccc4)cc4c5c2n3-c2cc3c(cc2B5c2ccccc2-4)-n2c4ccc(-c5ccccc5)cc4c4c(-c5ccccc5)cc5c(c42)B3c2ccccc2-5)cc1. The van der Waals surface area contributed by atoms with Gasteiger partial charge >= 0.3 is 0 Å². The lowest BCUT2D eigenvalue weighted by molar-refractivity contribution is 1.16. The molecule has 2 aromatic heterocycles. The fourth-order valence-corrected chi connectivity index (χ4v) is 13.7. The Hall–Kier alpha value is -8.85. The lowest BCUT2D eigenvalue weighted by Gasteiger charge is -2.31. The standard InChI is InChI=1S/C66H38B2N2/c1-5-17-39(18-6-1)43-29-31-57-51(33-43)61-47(41-21-9-3-10-22-41)35-49-45-25-13-15-27-53(45)67-55-38-60-56(37-59(55)69(57)65(61)63(49)67)68-54-28-16-14-26-46(54)50-36-48(42-23-11-4-12-24-42)62-52-34-44(40-19-7-2-8-20-40)30-32-58(52)70(60)66(62)64(50)68/h1-38H. The molecular formula is C66H38B2N2. The summed E-state index contributed by atoms with van der Waals surface area (Å²) in [6, 6.07) is 87.2. The second-order valence-electron chi connectivity index (χ2n) is 19.8. The van der Waals surface area contributed by atoms with Crippen LogP contribution in [0.4, 0.5) is 0 Å². The molecule has 0 saturated carbocycles. The Kier molecular flexibility index (Phi) is 7.13. The molecule has 4 heteroatoms. The number of hydrogen-bond acceptors (Lipinski definition) is 0. The summed E-state index contributed by atoms with van der Waals surface area (Å²) < 4.78 is 5.35. The van der Waals surface area contributed by atoms with Crippen molar-refractivity contribution in [2.75, 3.05) is 0 Å². The Bertz CT molecular complexity index is 4170. The third-order valence-electron chi connectivity index (χ3n) is 16.5. The highest BCUT2D eigenvalue weighted by Crippen LogP contribution is 2.48. The molecule has 0 bridgehead atoms. The smallest absolute Gasteiger partial charge is 0.248 e. The first kappa shape index (κ1) is 37.2. The summed E-state index contributed by atoms with van der Waals surface area (Å²) in [5.74, 6) is 0. The maximum Gasteiger partial charge on any atom is 0.248 e. The van der Waals surface area contributed by atoms with E-state index in [2.05, 4.69) is 240 Å². The van der Waals surface area contributed by atoms with Crippen LogP contribution >= 0.6 is 0 Å². The van der Waals surface area contributed by atoms with Gasteiger partial charge in [-0.1, -0.05) is 193 Å². The zero-order valence-corrected chi connectivity index (χ0v) is 38.0. The van der Waals surface area contributed by atoms with Gasteiger partial charge in [0.15, 0.2) is 0 Å². The van der Waals surface area contributed by atoms with Crippen LogP contribution in [0.15, 0.2) is 231 Å². The third-order valence-corrected chi connectivity index (χ3v) is 16.5. The van der Waals surface area contributed by atoms with Gasteiger partial charge in [-0.05, 0) is 137 Å². The molecule has 0 atom stereocenters. The Morgan fingerprint density at radius 1 is 0.257 bits per heavy atom. The van der Waals surface area contributed by atoms with E-state index in [1.165, 1.54) is 155 Å². The molecule has 0 N–H and O–H groups in total. The molecule has 4 aliphatic heterocycles. The largest absolute Gasteiger partial charge is 0.310 e. The van der Waals surface area contributed by atoms with Gasteiger partial charge in [0, 0.05) is 32.9 Å². The molecule has 11 aromatic carbocycles. The quantitative estimate of drug-likeness (QED) is 0.156. The molecule has 0 radical (unpaired) electrons. The van der Waals surface area contributed by atoms with Crippen molar-refractivity contribution < 1.29 is 0 Å². The van der Waals surface area contributed by atoms with Gasteiger partial charge in [-0.25, -0.2) is 0 Å². The molecule has 13 aromatic rings. The Morgan fingerprint density at radius 3 is 1.04 bits per heavy atom.